The van der Waals surface area contributed by atoms with Crippen LogP contribution in [0.1, 0.15) is 26.2 Å². The van der Waals surface area contributed by atoms with Gasteiger partial charge in [-0.3, -0.25) is 0 Å². The quantitative estimate of drug-likeness (QED) is 0.572. The van der Waals surface area contributed by atoms with Gasteiger partial charge in [0.05, 0.1) is 6.10 Å². The standard InChI is InChI=1S/C10H17NO/c1-7(2)9-5-8(12)6-11-10(9)3-4-10/h8-9,11-12H,1,3-6H2,2H3. The number of hydrogen-bond donors (Lipinski definition) is 2. The van der Waals surface area contributed by atoms with Gasteiger partial charge in [0, 0.05) is 12.1 Å². The van der Waals surface area contributed by atoms with E-state index in [9.17, 15) is 5.11 Å². The predicted octanol–water partition coefficient (Wildman–Crippen LogP) is 1.07. The van der Waals surface area contributed by atoms with Crippen molar-refractivity contribution in [3.63, 3.8) is 0 Å². The Hall–Kier alpha value is -0.340. The number of piperidine rings is 1. The largest absolute Gasteiger partial charge is 0.392 e. The van der Waals surface area contributed by atoms with E-state index in [1.54, 1.807) is 0 Å². The number of aliphatic hydroxyl groups excluding tert-OH is 1. The summed E-state index contributed by atoms with van der Waals surface area (Å²) in [7, 11) is 0. The molecule has 2 heteroatoms. The summed E-state index contributed by atoms with van der Waals surface area (Å²) in [6, 6.07) is 0. The molecule has 1 saturated carbocycles. The Balaban J connectivity index is 2.11. The van der Waals surface area contributed by atoms with Crippen molar-refractivity contribution in [2.24, 2.45) is 5.92 Å². The molecular formula is C10H17NO. The number of β-amino-alcohol motifs (C(OH)–C–C–N with tert-alkyl or cyclic N) is 1. The molecule has 1 saturated heterocycles. The smallest absolute Gasteiger partial charge is 0.0671 e. The third kappa shape index (κ3) is 1.19. The highest BCUT2D eigenvalue weighted by atomic mass is 16.3. The number of hydrogen-bond acceptors (Lipinski definition) is 2. The van der Waals surface area contributed by atoms with Crippen molar-refractivity contribution in [3.05, 3.63) is 12.2 Å². The highest BCUT2D eigenvalue weighted by Gasteiger charge is 2.51. The van der Waals surface area contributed by atoms with Gasteiger partial charge in [0.15, 0.2) is 0 Å². The van der Waals surface area contributed by atoms with Crippen LogP contribution >= 0.6 is 0 Å². The monoisotopic (exact) mass is 167 g/mol. The van der Waals surface area contributed by atoms with Gasteiger partial charge >= 0.3 is 0 Å². The molecule has 1 heterocycles. The van der Waals surface area contributed by atoms with Crippen molar-refractivity contribution in [1.29, 1.82) is 0 Å². The zero-order valence-corrected chi connectivity index (χ0v) is 7.64. The fourth-order valence-electron chi connectivity index (χ4n) is 2.36. The predicted molar refractivity (Wildman–Crippen MR) is 48.9 cm³/mol. The summed E-state index contributed by atoms with van der Waals surface area (Å²) in [6.07, 6.45) is 3.26. The molecule has 1 aliphatic heterocycles. The third-order valence-electron chi connectivity index (χ3n) is 3.25. The fraction of sp³-hybridized carbons (Fsp3) is 0.800. The molecule has 2 atom stereocenters. The molecule has 12 heavy (non-hydrogen) atoms. The second-order valence-corrected chi connectivity index (χ2v) is 4.33. The molecule has 2 N–H and O–H groups in total. The Morgan fingerprint density at radius 1 is 1.58 bits per heavy atom. The first-order valence-electron chi connectivity index (χ1n) is 4.72. The van der Waals surface area contributed by atoms with Gasteiger partial charge in [-0.2, -0.15) is 0 Å². The number of rotatable bonds is 1. The second-order valence-electron chi connectivity index (χ2n) is 4.33. The molecule has 1 aliphatic carbocycles. The summed E-state index contributed by atoms with van der Waals surface area (Å²) in [6.45, 7) is 6.84. The van der Waals surface area contributed by atoms with E-state index >= 15 is 0 Å². The highest BCUT2D eigenvalue weighted by Crippen LogP contribution is 2.48. The SMILES string of the molecule is C=C(C)C1CC(O)CNC12CC2. The molecule has 2 nitrogen and oxygen atoms in total. The molecule has 0 aromatic heterocycles. The minimum Gasteiger partial charge on any atom is -0.392 e. The van der Waals surface area contributed by atoms with E-state index in [4.69, 9.17) is 0 Å². The highest BCUT2D eigenvalue weighted by molar-refractivity contribution is 5.19. The second kappa shape index (κ2) is 2.57. The van der Waals surface area contributed by atoms with Gasteiger partial charge < -0.3 is 10.4 Å². The zero-order chi connectivity index (χ0) is 8.77. The summed E-state index contributed by atoms with van der Waals surface area (Å²) >= 11 is 0. The molecule has 1 spiro atoms. The average Bonchev–Trinajstić information content (AvgIpc) is 2.76. The molecule has 0 amide bonds. The number of nitrogens with one attached hydrogen (secondary N) is 1. The van der Waals surface area contributed by atoms with Crippen LogP contribution in [0.5, 0.6) is 0 Å². The lowest BCUT2D eigenvalue weighted by Crippen LogP contribution is -2.49. The van der Waals surface area contributed by atoms with E-state index in [1.807, 2.05) is 0 Å². The van der Waals surface area contributed by atoms with Crippen LogP contribution in [0, 0.1) is 5.92 Å². The summed E-state index contributed by atoms with van der Waals surface area (Å²) in [5.41, 5.74) is 1.56. The van der Waals surface area contributed by atoms with Gasteiger partial charge in [0.1, 0.15) is 0 Å². The zero-order valence-electron chi connectivity index (χ0n) is 7.64. The first-order chi connectivity index (χ1) is 5.64. The summed E-state index contributed by atoms with van der Waals surface area (Å²) in [4.78, 5) is 0. The maximum atomic E-state index is 9.48. The lowest BCUT2D eigenvalue weighted by atomic mass is 9.82. The van der Waals surface area contributed by atoms with Crippen LogP contribution in [0.25, 0.3) is 0 Å². The van der Waals surface area contributed by atoms with Crippen LogP contribution in [-0.2, 0) is 0 Å². The summed E-state index contributed by atoms with van der Waals surface area (Å²) in [5.74, 6) is 0.501. The molecule has 2 unspecified atom stereocenters. The van der Waals surface area contributed by atoms with Gasteiger partial charge in [-0.1, -0.05) is 12.2 Å². The molecule has 0 aromatic carbocycles. The van der Waals surface area contributed by atoms with Crippen LogP contribution in [0.3, 0.4) is 0 Å². The van der Waals surface area contributed by atoms with E-state index in [0.717, 1.165) is 13.0 Å². The Morgan fingerprint density at radius 3 is 2.75 bits per heavy atom. The molecule has 2 rings (SSSR count). The molecular weight excluding hydrogens is 150 g/mol. The van der Waals surface area contributed by atoms with E-state index < -0.39 is 0 Å². The van der Waals surface area contributed by atoms with Crippen LogP contribution in [0.2, 0.25) is 0 Å². The summed E-state index contributed by atoms with van der Waals surface area (Å²) in [5, 5.41) is 12.9. The van der Waals surface area contributed by atoms with Crippen molar-refractivity contribution in [2.75, 3.05) is 6.54 Å². The molecule has 0 bridgehead atoms. The lowest BCUT2D eigenvalue weighted by molar-refractivity contribution is 0.0948. The Labute approximate surface area is 73.7 Å². The molecule has 0 radical (unpaired) electrons. The lowest BCUT2D eigenvalue weighted by Gasteiger charge is -2.36. The normalized spacial score (nSPS) is 38.2. The van der Waals surface area contributed by atoms with Gasteiger partial charge in [0.2, 0.25) is 0 Å². The van der Waals surface area contributed by atoms with Gasteiger partial charge in [-0.25, -0.2) is 0 Å². The maximum absolute atomic E-state index is 9.48. The van der Waals surface area contributed by atoms with Crippen molar-refractivity contribution < 1.29 is 5.11 Å². The fourth-order valence-corrected chi connectivity index (χ4v) is 2.36. The van der Waals surface area contributed by atoms with Crippen LogP contribution < -0.4 is 5.32 Å². The van der Waals surface area contributed by atoms with Crippen molar-refractivity contribution in [3.8, 4) is 0 Å². The minimum atomic E-state index is -0.169. The summed E-state index contributed by atoms with van der Waals surface area (Å²) < 4.78 is 0. The molecule has 2 aliphatic rings. The van der Waals surface area contributed by atoms with Gasteiger partial charge in [-0.15, -0.1) is 0 Å². The average molecular weight is 167 g/mol. The van der Waals surface area contributed by atoms with E-state index in [-0.39, 0.29) is 6.10 Å². The Bertz CT molecular complexity index is 208. The van der Waals surface area contributed by atoms with Gasteiger partial charge in [0.25, 0.3) is 0 Å². The van der Waals surface area contributed by atoms with Crippen LogP contribution in [0.15, 0.2) is 12.2 Å². The van der Waals surface area contributed by atoms with E-state index in [2.05, 4.69) is 18.8 Å². The Morgan fingerprint density at radius 2 is 2.25 bits per heavy atom. The van der Waals surface area contributed by atoms with Crippen molar-refractivity contribution in [1.82, 2.24) is 5.32 Å². The maximum Gasteiger partial charge on any atom is 0.0671 e. The first-order valence-corrected chi connectivity index (χ1v) is 4.72. The molecule has 0 aromatic rings. The van der Waals surface area contributed by atoms with Crippen molar-refractivity contribution in [2.45, 2.75) is 37.8 Å². The first kappa shape index (κ1) is 8.27. The third-order valence-corrected chi connectivity index (χ3v) is 3.25. The van der Waals surface area contributed by atoms with E-state index in [0.29, 0.717) is 11.5 Å². The van der Waals surface area contributed by atoms with Crippen LogP contribution in [0.4, 0.5) is 0 Å². The number of aliphatic hydroxyl groups is 1. The van der Waals surface area contributed by atoms with Crippen molar-refractivity contribution >= 4 is 0 Å². The van der Waals surface area contributed by atoms with Crippen LogP contribution in [-0.4, -0.2) is 23.3 Å². The minimum absolute atomic E-state index is 0.169. The molecule has 2 fully saturated rings. The Kier molecular flexibility index (Phi) is 1.77. The van der Waals surface area contributed by atoms with E-state index in [1.165, 1.54) is 18.4 Å². The topological polar surface area (TPSA) is 32.3 Å². The van der Waals surface area contributed by atoms with Gasteiger partial charge in [-0.05, 0) is 32.1 Å². The molecule has 68 valence electrons.